The molecule has 2 heterocycles. The summed E-state index contributed by atoms with van der Waals surface area (Å²) in [5, 5.41) is 0. The van der Waals surface area contributed by atoms with Crippen LogP contribution in [0.2, 0.25) is 0 Å². The van der Waals surface area contributed by atoms with Crippen LogP contribution in [0, 0.1) is 16.7 Å². The lowest BCUT2D eigenvalue weighted by atomic mass is 9.41. The number of carbonyl (C=O) groups excluding carboxylic acids is 2. The Morgan fingerprint density at radius 3 is 2.56 bits per heavy atom. The van der Waals surface area contributed by atoms with Gasteiger partial charge < -0.3 is 4.74 Å². The van der Waals surface area contributed by atoms with Crippen molar-refractivity contribution in [2.24, 2.45) is 16.7 Å². The van der Waals surface area contributed by atoms with Gasteiger partial charge in [-0.25, -0.2) is 4.79 Å². The maximum atomic E-state index is 13.1. The summed E-state index contributed by atoms with van der Waals surface area (Å²) in [4.78, 5) is 27.9. The van der Waals surface area contributed by atoms with E-state index in [4.69, 9.17) is 4.74 Å². The highest BCUT2D eigenvalue weighted by molar-refractivity contribution is 5.92. The van der Waals surface area contributed by atoms with Gasteiger partial charge in [0.05, 0.1) is 11.5 Å². The largest absolute Gasteiger partial charge is 0.444 e. The molecule has 0 aromatic rings. The van der Waals surface area contributed by atoms with E-state index >= 15 is 0 Å². The fourth-order valence-electron chi connectivity index (χ4n) is 5.74. The Morgan fingerprint density at radius 2 is 2.00 bits per heavy atom. The predicted molar refractivity (Wildman–Crippen MR) is 98.3 cm³/mol. The zero-order chi connectivity index (χ0) is 18.8. The second-order valence-corrected chi connectivity index (χ2v) is 10.1. The van der Waals surface area contributed by atoms with Gasteiger partial charge >= 0.3 is 6.09 Å². The lowest BCUT2D eigenvalue weighted by Crippen LogP contribution is -2.68. The van der Waals surface area contributed by atoms with Crippen molar-refractivity contribution in [3.8, 4) is 0 Å². The van der Waals surface area contributed by atoms with Gasteiger partial charge in [0.2, 0.25) is 0 Å². The van der Waals surface area contributed by atoms with E-state index in [2.05, 4.69) is 27.4 Å². The monoisotopic (exact) mass is 347 g/mol. The highest BCUT2D eigenvalue weighted by Crippen LogP contribution is 2.74. The number of hydrogen-bond acceptors (Lipinski definition) is 3. The van der Waals surface area contributed by atoms with Crippen LogP contribution in [0.5, 0.6) is 0 Å². The second-order valence-electron chi connectivity index (χ2n) is 10.1. The molecule has 140 valence electrons. The number of ketones is 1. The number of carbonyl (C=O) groups is 2. The van der Waals surface area contributed by atoms with E-state index in [0.717, 1.165) is 31.3 Å². The number of amides is 1. The molecule has 4 rings (SSSR count). The van der Waals surface area contributed by atoms with E-state index in [1.54, 1.807) is 0 Å². The van der Waals surface area contributed by atoms with Crippen LogP contribution < -0.4 is 0 Å². The zero-order valence-electron chi connectivity index (χ0n) is 16.7. The van der Waals surface area contributed by atoms with Crippen molar-refractivity contribution in [2.45, 2.75) is 84.8 Å². The van der Waals surface area contributed by atoms with E-state index in [1.165, 1.54) is 0 Å². The summed E-state index contributed by atoms with van der Waals surface area (Å²) in [6, 6.07) is 0. The van der Waals surface area contributed by atoms with Crippen LogP contribution >= 0.6 is 0 Å². The number of hydrogen-bond donors (Lipinski definition) is 0. The Hall–Kier alpha value is -1.32. The van der Waals surface area contributed by atoms with Crippen LogP contribution in [0.3, 0.4) is 0 Å². The summed E-state index contributed by atoms with van der Waals surface area (Å²) in [7, 11) is 0. The van der Waals surface area contributed by atoms with E-state index in [9.17, 15) is 9.59 Å². The molecule has 0 aromatic heterocycles. The van der Waals surface area contributed by atoms with Crippen molar-refractivity contribution in [3.05, 3.63) is 12.2 Å². The molecule has 1 spiro atoms. The number of nitrogens with zero attached hydrogens (tertiary/aromatic N) is 1. The van der Waals surface area contributed by atoms with Crippen molar-refractivity contribution in [2.75, 3.05) is 6.54 Å². The maximum absolute atomic E-state index is 13.1. The molecule has 4 fully saturated rings. The van der Waals surface area contributed by atoms with Crippen LogP contribution in [0.15, 0.2) is 12.2 Å². The van der Waals surface area contributed by atoms with E-state index < -0.39 is 11.1 Å². The van der Waals surface area contributed by atoms with Crippen LogP contribution in [-0.4, -0.2) is 34.5 Å². The molecule has 0 N–H and O–H groups in total. The normalized spacial score (nSPS) is 36.1. The summed E-state index contributed by atoms with van der Waals surface area (Å²) >= 11 is 0. The van der Waals surface area contributed by atoms with Crippen LogP contribution in [-0.2, 0) is 9.53 Å². The summed E-state index contributed by atoms with van der Waals surface area (Å²) in [6.07, 6.45) is 4.20. The SMILES string of the molecule is C=C1[C@]2(CCCC)CN(C(=O)OC(C)(C)C)[C@]13CC(C)(C)CC(=O)[C@H]23. The average Bonchev–Trinajstić information content (AvgIpc) is 2.86. The van der Waals surface area contributed by atoms with E-state index in [1.807, 2.05) is 25.7 Å². The van der Waals surface area contributed by atoms with Gasteiger partial charge in [-0.3, -0.25) is 9.69 Å². The number of ether oxygens (including phenoxy) is 1. The number of rotatable bonds is 3. The second kappa shape index (κ2) is 5.34. The lowest BCUT2D eigenvalue weighted by Gasteiger charge is -2.61. The van der Waals surface area contributed by atoms with Gasteiger partial charge in [-0.1, -0.05) is 40.2 Å². The Morgan fingerprint density at radius 1 is 1.36 bits per heavy atom. The van der Waals surface area contributed by atoms with Gasteiger partial charge in [0.25, 0.3) is 0 Å². The fraction of sp³-hybridized carbons (Fsp3) is 0.810. The van der Waals surface area contributed by atoms with Crippen LogP contribution in [0.25, 0.3) is 0 Å². The standard InChI is InChI=1S/C21H33NO3/c1-8-9-10-20-13-22(17(24)25-18(3,4)5)21(14(20)2)12-19(6,7)11-15(23)16(20)21/h16H,2,8-13H2,1,3-7H3/t16-,20+,21-/m1/s1. The summed E-state index contributed by atoms with van der Waals surface area (Å²) in [5.41, 5.74) is -0.291. The van der Waals surface area contributed by atoms with Gasteiger partial charge in [0, 0.05) is 18.4 Å². The van der Waals surface area contributed by atoms with Crippen LogP contribution in [0.1, 0.15) is 73.6 Å². The van der Waals surface area contributed by atoms with Crippen molar-refractivity contribution in [3.63, 3.8) is 0 Å². The maximum Gasteiger partial charge on any atom is 0.411 e. The van der Waals surface area contributed by atoms with Crippen molar-refractivity contribution < 1.29 is 14.3 Å². The quantitative estimate of drug-likeness (QED) is 0.694. The molecular formula is C21H33NO3. The van der Waals surface area contributed by atoms with Crippen molar-refractivity contribution >= 4 is 11.9 Å². The molecule has 0 unspecified atom stereocenters. The number of fused-ring (bicyclic) bond motifs is 1. The molecule has 1 amide bonds. The minimum atomic E-state index is -0.539. The van der Waals surface area contributed by atoms with E-state index in [0.29, 0.717) is 18.7 Å². The molecule has 2 aliphatic heterocycles. The highest BCUT2D eigenvalue weighted by Gasteiger charge is 2.80. The lowest BCUT2D eigenvalue weighted by molar-refractivity contribution is -0.143. The molecule has 4 heteroatoms. The molecule has 2 bridgehead atoms. The molecule has 4 nitrogen and oxygen atoms in total. The molecule has 2 aliphatic carbocycles. The predicted octanol–water partition coefficient (Wildman–Crippen LogP) is 4.73. The molecule has 4 aliphatic rings. The first kappa shape index (κ1) is 18.5. The van der Waals surface area contributed by atoms with Crippen molar-refractivity contribution in [1.29, 1.82) is 0 Å². The molecule has 3 atom stereocenters. The Labute approximate surface area is 152 Å². The summed E-state index contributed by atoms with van der Waals surface area (Å²) in [6.45, 7) is 17.1. The molecule has 2 saturated carbocycles. The average molecular weight is 347 g/mol. The smallest absolute Gasteiger partial charge is 0.411 e. The fourth-order valence-corrected chi connectivity index (χ4v) is 5.74. The third-order valence-corrected chi connectivity index (χ3v) is 6.39. The molecule has 0 radical (unpaired) electrons. The van der Waals surface area contributed by atoms with Crippen molar-refractivity contribution in [1.82, 2.24) is 4.90 Å². The molecule has 0 aromatic carbocycles. The van der Waals surface area contributed by atoms with Crippen LogP contribution in [0.4, 0.5) is 4.79 Å². The Bertz CT molecular complexity index is 630. The third-order valence-electron chi connectivity index (χ3n) is 6.39. The Balaban J connectivity index is 2.00. The first-order valence-electron chi connectivity index (χ1n) is 9.63. The van der Waals surface area contributed by atoms with Gasteiger partial charge in [0.15, 0.2) is 0 Å². The minimum Gasteiger partial charge on any atom is -0.444 e. The van der Waals surface area contributed by atoms with Gasteiger partial charge in [-0.05, 0) is 44.6 Å². The zero-order valence-corrected chi connectivity index (χ0v) is 16.7. The summed E-state index contributed by atoms with van der Waals surface area (Å²) in [5.74, 6) is 0.227. The highest BCUT2D eigenvalue weighted by atomic mass is 16.6. The van der Waals surface area contributed by atoms with Gasteiger partial charge in [-0.2, -0.15) is 0 Å². The number of Topliss-reactive ketones (excluding diaryl/α,β-unsaturated/α-hetero) is 1. The molecule has 2 saturated heterocycles. The summed E-state index contributed by atoms with van der Waals surface area (Å²) < 4.78 is 5.70. The van der Waals surface area contributed by atoms with E-state index in [-0.39, 0.29) is 22.8 Å². The topological polar surface area (TPSA) is 46.6 Å². The first-order chi connectivity index (χ1) is 11.4. The molecule has 25 heavy (non-hydrogen) atoms. The third kappa shape index (κ3) is 2.47. The van der Waals surface area contributed by atoms with Gasteiger partial charge in [-0.15, -0.1) is 0 Å². The number of unbranched alkanes of at least 4 members (excludes halogenated alkanes) is 1. The Kier molecular flexibility index (Phi) is 3.95. The molecular weight excluding hydrogens is 314 g/mol. The first-order valence-corrected chi connectivity index (χ1v) is 9.63. The minimum absolute atomic E-state index is 0.0837. The van der Waals surface area contributed by atoms with Gasteiger partial charge in [0.1, 0.15) is 11.4 Å².